The third-order valence-electron chi connectivity index (χ3n) is 3.54. The van der Waals surface area contributed by atoms with Gasteiger partial charge in [0.2, 0.25) is 0 Å². The smallest absolute Gasteiger partial charge is 0.193 e. The summed E-state index contributed by atoms with van der Waals surface area (Å²) in [6.07, 6.45) is 0. The number of hydrogen-bond donors (Lipinski definition) is 2. The van der Waals surface area contributed by atoms with Crippen LogP contribution in [0.4, 0.5) is 5.69 Å². The minimum absolute atomic E-state index is 0.330. The maximum absolute atomic E-state index is 5.93. The van der Waals surface area contributed by atoms with Crippen molar-refractivity contribution >= 4 is 11.6 Å². The topological polar surface area (TPSA) is 59.6 Å². The number of anilines is 1. The van der Waals surface area contributed by atoms with Crippen LogP contribution in [0.25, 0.3) is 0 Å². The van der Waals surface area contributed by atoms with E-state index in [9.17, 15) is 0 Å². The van der Waals surface area contributed by atoms with Gasteiger partial charge in [0.25, 0.3) is 0 Å². The van der Waals surface area contributed by atoms with Crippen LogP contribution in [0.1, 0.15) is 24.0 Å². The third-order valence-corrected chi connectivity index (χ3v) is 3.54. The van der Waals surface area contributed by atoms with Gasteiger partial charge in [0.1, 0.15) is 5.75 Å². The highest BCUT2D eigenvalue weighted by atomic mass is 16.5. The molecule has 2 aromatic carbocycles. The number of aliphatic imine (C=N–C) groups is 1. The van der Waals surface area contributed by atoms with Crippen LogP contribution in [0.15, 0.2) is 53.5 Å². The molecule has 2 aromatic rings. The second-order valence-electron chi connectivity index (χ2n) is 5.39. The Morgan fingerprint density at radius 3 is 2.36 bits per heavy atom. The molecule has 3 N–H and O–H groups in total. The molecule has 2 rings (SSSR count). The predicted octanol–water partition coefficient (Wildman–Crippen LogP) is 3.53. The van der Waals surface area contributed by atoms with Crippen LogP contribution in [0.2, 0.25) is 0 Å². The zero-order valence-corrected chi connectivity index (χ0v) is 13.3. The average Bonchev–Trinajstić information content (AvgIpc) is 2.54. The number of nitrogens with two attached hydrogens (primary N) is 1. The number of guanidine groups is 1. The SMILES string of the molecule is COc1ccc(NC(N)=NCC(C)c2ccc(C)cc2)cc1. The molecule has 0 aliphatic heterocycles. The Labute approximate surface area is 132 Å². The van der Waals surface area contributed by atoms with Crippen molar-refractivity contribution in [1.29, 1.82) is 0 Å². The Kier molecular flexibility index (Phi) is 5.42. The number of methoxy groups -OCH3 is 1. The van der Waals surface area contributed by atoms with Gasteiger partial charge in [0.15, 0.2) is 5.96 Å². The second kappa shape index (κ2) is 7.50. The first-order chi connectivity index (χ1) is 10.6. The van der Waals surface area contributed by atoms with E-state index in [-0.39, 0.29) is 0 Å². The Bertz CT molecular complexity index is 618. The van der Waals surface area contributed by atoms with Crippen molar-refractivity contribution in [3.63, 3.8) is 0 Å². The molecule has 116 valence electrons. The predicted molar refractivity (Wildman–Crippen MR) is 92.7 cm³/mol. The Balaban J connectivity index is 1.92. The number of benzene rings is 2. The van der Waals surface area contributed by atoms with Gasteiger partial charge in [-0.15, -0.1) is 0 Å². The maximum atomic E-state index is 5.93. The van der Waals surface area contributed by atoms with E-state index in [1.54, 1.807) is 7.11 Å². The standard InChI is InChI=1S/C18H23N3O/c1-13-4-6-15(7-5-13)14(2)12-20-18(19)21-16-8-10-17(22-3)11-9-16/h4-11,14H,12H2,1-3H3,(H3,19,20,21). The molecular formula is C18H23N3O. The quantitative estimate of drug-likeness (QED) is 0.655. The zero-order valence-electron chi connectivity index (χ0n) is 13.3. The summed E-state index contributed by atoms with van der Waals surface area (Å²) in [4.78, 5) is 4.41. The van der Waals surface area contributed by atoms with Gasteiger partial charge in [-0.1, -0.05) is 36.8 Å². The number of nitrogens with zero attached hydrogens (tertiary/aromatic N) is 1. The van der Waals surface area contributed by atoms with Crippen LogP contribution in [-0.4, -0.2) is 19.6 Å². The van der Waals surface area contributed by atoms with Gasteiger partial charge in [-0.25, -0.2) is 0 Å². The van der Waals surface area contributed by atoms with Crippen LogP contribution in [0, 0.1) is 6.92 Å². The zero-order chi connectivity index (χ0) is 15.9. The van der Waals surface area contributed by atoms with Crippen LogP contribution < -0.4 is 15.8 Å². The Morgan fingerprint density at radius 2 is 1.77 bits per heavy atom. The lowest BCUT2D eigenvalue weighted by Crippen LogP contribution is -2.23. The van der Waals surface area contributed by atoms with Crippen LogP contribution >= 0.6 is 0 Å². The van der Waals surface area contributed by atoms with E-state index in [1.165, 1.54) is 11.1 Å². The van der Waals surface area contributed by atoms with Crippen molar-refractivity contribution in [3.8, 4) is 5.75 Å². The molecule has 0 radical (unpaired) electrons. The summed E-state index contributed by atoms with van der Waals surface area (Å²) >= 11 is 0. The molecule has 1 unspecified atom stereocenters. The van der Waals surface area contributed by atoms with E-state index in [0.717, 1.165) is 11.4 Å². The molecule has 0 saturated carbocycles. The maximum Gasteiger partial charge on any atom is 0.193 e. The summed E-state index contributed by atoms with van der Waals surface area (Å²) in [7, 11) is 1.64. The molecule has 0 bridgehead atoms. The molecule has 0 aliphatic rings. The molecule has 0 aliphatic carbocycles. The summed E-state index contributed by atoms with van der Waals surface area (Å²) in [6, 6.07) is 16.1. The lowest BCUT2D eigenvalue weighted by Gasteiger charge is -2.11. The van der Waals surface area contributed by atoms with E-state index in [4.69, 9.17) is 10.5 Å². The van der Waals surface area contributed by atoms with E-state index in [2.05, 4.69) is 48.4 Å². The molecule has 0 amide bonds. The van der Waals surface area contributed by atoms with Gasteiger partial charge in [-0.05, 0) is 36.8 Å². The van der Waals surface area contributed by atoms with Crippen LogP contribution in [0.5, 0.6) is 5.75 Å². The summed E-state index contributed by atoms with van der Waals surface area (Å²) in [5.74, 6) is 1.56. The minimum Gasteiger partial charge on any atom is -0.497 e. The normalized spacial score (nSPS) is 12.8. The van der Waals surface area contributed by atoms with Crippen LogP contribution in [0.3, 0.4) is 0 Å². The molecule has 4 heteroatoms. The lowest BCUT2D eigenvalue weighted by atomic mass is 10.0. The molecule has 22 heavy (non-hydrogen) atoms. The first kappa shape index (κ1) is 15.9. The van der Waals surface area contributed by atoms with Gasteiger partial charge in [0.05, 0.1) is 7.11 Å². The first-order valence-corrected chi connectivity index (χ1v) is 7.36. The molecule has 0 saturated heterocycles. The van der Waals surface area contributed by atoms with Crippen molar-refractivity contribution < 1.29 is 4.74 Å². The monoisotopic (exact) mass is 297 g/mol. The number of nitrogens with one attached hydrogen (secondary N) is 1. The summed E-state index contributed by atoms with van der Waals surface area (Å²) in [5, 5.41) is 3.08. The fraction of sp³-hybridized carbons (Fsp3) is 0.278. The second-order valence-corrected chi connectivity index (χ2v) is 5.39. The highest BCUT2D eigenvalue weighted by Crippen LogP contribution is 2.17. The van der Waals surface area contributed by atoms with E-state index < -0.39 is 0 Å². The molecule has 0 fully saturated rings. The number of ether oxygens (including phenoxy) is 1. The van der Waals surface area contributed by atoms with E-state index in [1.807, 2.05) is 24.3 Å². The first-order valence-electron chi connectivity index (χ1n) is 7.36. The van der Waals surface area contributed by atoms with Gasteiger partial charge in [-0.3, -0.25) is 4.99 Å². The number of aryl methyl sites for hydroxylation is 1. The third kappa shape index (κ3) is 4.52. The number of rotatable bonds is 5. The van der Waals surface area contributed by atoms with Gasteiger partial charge in [-0.2, -0.15) is 0 Å². The van der Waals surface area contributed by atoms with E-state index in [0.29, 0.717) is 18.4 Å². The lowest BCUT2D eigenvalue weighted by molar-refractivity contribution is 0.415. The molecule has 0 heterocycles. The fourth-order valence-corrected chi connectivity index (χ4v) is 2.10. The molecule has 0 spiro atoms. The van der Waals surface area contributed by atoms with Crippen molar-refractivity contribution in [2.24, 2.45) is 10.7 Å². The van der Waals surface area contributed by atoms with Crippen LogP contribution in [-0.2, 0) is 0 Å². The van der Waals surface area contributed by atoms with Crippen molar-refractivity contribution in [2.75, 3.05) is 19.0 Å². The van der Waals surface area contributed by atoms with E-state index >= 15 is 0 Å². The van der Waals surface area contributed by atoms with Crippen molar-refractivity contribution in [1.82, 2.24) is 0 Å². The molecule has 0 aromatic heterocycles. The summed E-state index contributed by atoms with van der Waals surface area (Å²) < 4.78 is 5.12. The Hall–Kier alpha value is -2.49. The molecular weight excluding hydrogens is 274 g/mol. The minimum atomic E-state index is 0.330. The van der Waals surface area contributed by atoms with Gasteiger partial charge < -0.3 is 15.8 Å². The van der Waals surface area contributed by atoms with Gasteiger partial charge in [0, 0.05) is 18.2 Å². The average molecular weight is 297 g/mol. The fourth-order valence-electron chi connectivity index (χ4n) is 2.10. The van der Waals surface area contributed by atoms with Crippen molar-refractivity contribution in [3.05, 3.63) is 59.7 Å². The Morgan fingerprint density at radius 1 is 1.14 bits per heavy atom. The highest BCUT2D eigenvalue weighted by Gasteiger charge is 2.04. The molecule has 1 atom stereocenters. The largest absolute Gasteiger partial charge is 0.497 e. The number of hydrogen-bond acceptors (Lipinski definition) is 2. The van der Waals surface area contributed by atoms with Gasteiger partial charge >= 0.3 is 0 Å². The summed E-state index contributed by atoms with van der Waals surface area (Å²) in [6.45, 7) is 4.89. The molecule has 4 nitrogen and oxygen atoms in total. The van der Waals surface area contributed by atoms with Crippen molar-refractivity contribution in [2.45, 2.75) is 19.8 Å². The highest BCUT2D eigenvalue weighted by molar-refractivity contribution is 5.92. The summed E-state index contributed by atoms with van der Waals surface area (Å²) in [5.41, 5.74) is 9.36.